The third-order valence-corrected chi connectivity index (χ3v) is 7.31. The van der Waals surface area contributed by atoms with Gasteiger partial charge in [-0.05, 0) is 62.0 Å². The molecule has 0 radical (unpaired) electrons. The van der Waals surface area contributed by atoms with Crippen LogP contribution in [-0.4, -0.2) is 39.3 Å². The number of aliphatic carboxylic acids is 2. The van der Waals surface area contributed by atoms with Gasteiger partial charge in [0, 0.05) is 11.6 Å². The Kier molecular flexibility index (Phi) is 9.27. The number of ether oxygens (including phenoxy) is 1. The van der Waals surface area contributed by atoms with Crippen molar-refractivity contribution in [3.63, 3.8) is 0 Å². The number of carboxylic acids is 2. The SMILES string of the molecule is COc1ccccc1C1CCCC(C(=O)O)C1.O=C(O)C1CCCC(c2cccc([N+](=O)[O-])c2O)C1. The Hall–Kier alpha value is -3.62. The molecule has 0 amide bonds. The van der Waals surface area contributed by atoms with Crippen LogP contribution in [-0.2, 0) is 9.59 Å². The fourth-order valence-electron chi connectivity index (χ4n) is 5.42. The third kappa shape index (κ3) is 6.53. The number of nitro groups is 1. The Morgan fingerprint density at radius 3 is 1.92 bits per heavy atom. The van der Waals surface area contributed by atoms with Crippen molar-refractivity contribution in [1.29, 1.82) is 0 Å². The highest BCUT2D eigenvalue weighted by Gasteiger charge is 2.31. The minimum atomic E-state index is -0.838. The van der Waals surface area contributed by atoms with Gasteiger partial charge in [-0.25, -0.2) is 0 Å². The first-order valence-electron chi connectivity index (χ1n) is 12.3. The summed E-state index contributed by atoms with van der Waals surface area (Å²) in [4.78, 5) is 32.2. The molecule has 2 aromatic carbocycles. The van der Waals surface area contributed by atoms with Gasteiger partial charge in [-0.1, -0.05) is 43.2 Å². The van der Waals surface area contributed by atoms with E-state index in [2.05, 4.69) is 0 Å². The number of rotatable bonds is 6. The second-order valence-electron chi connectivity index (χ2n) is 9.51. The lowest BCUT2D eigenvalue weighted by molar-refractivity contribution is -0.386. The number of benzene rings is 2. The molecule has 2 aliphatic rings. The van der Waals surface area contributed by atoms with E-state index in [1.165, 1.54) is 12.1 Å². The third-order valence-electron chi connectivity index (χ3n) is 7.31. The van der Waals surface area contributed by atoms with Gasteiger partial charge in [-0.15, -0.1) is 0 Å². The van der Waals surface area contributed by atoms with Crippen molar-refractivity contribution in [1.82, 2.24) is 0 Å². The number of hydrogen-bond donors (Lipinski definition) is 3. The summed E-state index contributed by atoms with van der Waals surface area (Å²) in [7, 11) is 1.66. The number of phenolic OH excluding ortho intramolecular Hbond substituents is 1. The summed E-state index contributed by atoms with van der Waals surface area (Å²) in [5.41, 5.74) is 1.32. The lowest BCUT2D eigenvalue weighted by Crippen LogP contribution is -2.21. The van der Waals surface area contributed by atoms with E-state index in [0.29, 0.717) is 24.3 Å². The molecule has 3 N–H and O–H groups in total. The largest absolute Gasteiger partial charge is 0.502 e. The molecule has 9 nitrogen and oxygen atoms in total. The highest BCUT2D eigenvalue weighted by molar-refractivity contribution is 5.70. The van der Waals surface area contributed by atoms with Crippen LogP contribution in [0.2, 0.25) is 0 Å². The Bertz CT molecular complexity index is 1090. The number of carboxylic acid groups (broad SMARTS) is 2. The van der Waals surface area contributed by atoms with Crippen LogP contribution in [0.5, 0.6) is 11.5 Å². The van der Waals surface area contributed by atoms with Crippen molar-refractivity contribution in [2.24, 2.45) is 11.8 Å². The molecule has 0 aromatic heterocycles. The Morgan fingerprint density at radius 1 is 0.861 bits per heavy atom. The topological polar surface area (TPSA) is 147 Å². The van der Waals surface area contributed by atoms with Gasteiger partial charge in [0.25, 0.3) is 0 Å². The molecule has 2 aliphatic carbocycles. The second-order valence-corrected chi connectivity index (χ2v) is 9.51. The minimum Gasteiger partial charge on any atom is -0.502 e. The normalized spacial score (nSPS) is 23.6. The highest BCUT2D eigenvalue weighted by Crippen LogP contribution is 2.43. The lowest BCUT2D eigenvalue weighted by Gasteiger charge is -2.27. The quantitative estimate of drug-likeness (QED) is 0.338. The summed E-state index contributed by atoms with van der Waals surface area (Å²) in [6.45, 7) is 0. The first-order valence-corrected chi connectivity index (χ1v) is 12.3. The van der Waals surface area contributed by atoms with Crippen LogP contribution in [0.15, 0.2) is 42.5 Å². The number of phenols is 1. The van der Waals surface area contributed by atoms with Gasteiger partial charge < -0.3 is 20.1 Å². The van der Waals surface area contributed by atoms with Crippen LogP contribution in [0.1, 0.15) is 74.3 Å². The molecule has 4 unspecified atom stereocenters. The van der Waals surface area contributed by atoms with Gasteiger partial charge in [0.15, 0.2) is 5.75 Å². The molecule has 9 heteroatoms. The summed E-state index contributed by atoms with van der Waals surface area (Å²) in [5.74, 6) is -1.39. The van der Waals surface area contributed by atoms with Crippen molar-refractivity contribution in [3.05, 3.63) is 63.7 Å². The van der Waals surface area contributed by atoms with E-state index in [-0.39, 0.29) is 23.3 Å². The summed E-state index contributed by atoms with van der Waals surface area (Å²) in [6, 6.07) is 12.3. The van der Waals surface area contributed by atoms with Gasteiger partial charge in [0.1, 0.15) is 5.75 Å². The second kappa shape index (κ2) is 12.4. The Morgan fingerprint density at radius 2 is 1.39 bits per heavy atom. The maximum Gasteiger partial charge on any atom is 0.310 e. The number of aromatic hydroxyl groups is 1. The van der Waals surface area contributed by atoms with E-state index in [1.54, 1.807) is 13.2 Å². The summed E-state index contributed by atoms with van der Waals surface area (Å²) in [6.07, 6.45) is 6.13. The molecular weight excluding hydrogens is 466 g/mol. The molecule has 2 fully saturated rings. The van der Waals surface area contributed by atoms with E-state index in [0.717, 1.165) is 49.8 Å². The summed E-state index contributed by atoms with van der Waals surface area (Å²) in [5, 5.41) is 38.9. The molecule has 0 aliphatic heterocycles. The molecule has 4 rings (SSSR count). The van der Waals surface area contributed by atoms with Gasteiger partial charge in [0.05, 0.1) is 23.9 Å². The smallest absolute Gasteiger partial charge is 0.310 e. The van der Waals surface area contributed by atoms with Gasteiger partial charge in [-0.3, -0.25) is 19.7 Å². The molecular formula is C27H33NO8. The number of nitro benzene ring substituents is 1. The van der Waals surface area contributed by atoms with E-state index in [4.69, 9.17) is 14.9 Å². The molecule has 0 saturated heterocycles. The van der Waals surface area contributed by atoms with E-state index in [1.807, 2.05) is 24.3 Å². The van der Waals surface area contributed by atoms with Crippen molar-refractivity contribution in [3.8, 4) is 11.5 Å². The zero-order valence-electron chi connectivity index (χ0n) is 20.3. The van der Waals surface area contributed by atoms with Crippen LogP contribution in [0.3, 0.4) is 0 Å². The van der Waals surface area contributed by atoms with Crippen molar-refractivity contribution in [2.75, 3.05) is 7.11 Å². The highest BCUT2D eigenvalue weighted by atomic mass is 16.6. The molecule has 36 heavy (non-hydrogen) atoms. The summed E-state index contributed by atoms with van der Waals surface area (Å²) >= 11 is 0. The number of para-hydroxylation sites is 2. The first-order chi connectivity index (χ1) is 17.2. The predicted octanol–water partition coefficient (Wildman–Crippen LogP) is 5.71. The van der Waals surface area contributed by atoms with E-state index >= 15 is 0 Å². The number of methoxy groups -OCH3 is 1. The molecule has 194 valence electrons. The Labute approximate surface area is 209 Å². The standard InChI is InChI=1S/C14H18O3.C13H15NO5/c1-17-13-8-3-2-7-12(13)10-5-4-6-11(9-10)14(15)16;15-12-10(5-2-6-11(12)14(18)19)8-3-1-4-9(7-8)13(16)17/h2-3,7-8,10-11H,4-6,9H2,1H3,(H,15,16);2,5-6,8-9,15H,1,3-4,7H2,(H,16,17). The van der Waals surface area contributed by atoms with Gasteiger partial charge in [0.2, 0.25) is 0 Å². The average molecular weight is 500 g/mol. The Balaban J connectivity index is 0.000000202. The zero-order chi connectivity index (χ0) is 26.2. The van der Waals surface area contributed by atoms with Crippen LogP contribution in [0.25, 0.3) is 0 Å². The lowest BCUT2D eigenvalue weighted by atomic mass is 9.77. The minimum absolute atomic E-state index is 0.130. The van der Waals surface area contributed by atoms with E-state index in [9.17, 15) is 24.8 Å². The zero-order valence-corrected chi connectivity index (χ0v) is 20.3. The van der Waals surface area contributed by atoms with Crippen LogP contribution < -0.4 is 4.74 Å². The monoisotopic (exact) mass is 499 g/mol. The molecule has 2 aromatic rings. The predicted molar refractivity (Wildman–Crippen MR) is 132 cm³/mol. The van der Waals surface area contributed by atoms with Gasteiger partial charge in [-0.2, -0.15) is 0 Å². The molecule has 0 bridgehead atoms. The maximum absolute atomic E-state index is 11.1. The fourth-order valence-corrected chi connectivity index (χ4v) is 5.42. The molecule has 0 heterocycles. The number of nitrogens with zero attached hydrogens (tertiary/aromatic N) is 1. The first kappa shape index (κ1) is 27.0. The fraction of sp³-hybridized carbons (Fsp3) is 0.481. The maximum atomic E-state index is 11.1. The van der Waals surface area contributed by atoms with Crippen molar-refractivity contribution < 1.29 is 34.6 Å². The molecule has 2 saturated carbocycles. The van der Waals surface area contributed by atoms with E-state index < -0.39 is 22.8 Å². The van der Waals surface area contributed by atoms with Crippen molar-refractivity contribution in [2.45, 2.75) is 63.2 Å². The van der Waals surface area contributed by atoms with Crippen LogP contribution in [0.4, 0.5) is 5.69 Å². The van der Waals surface area contributed by atoms with Gasteiger partial charge >= 0.3 is 17.6 Å². The van der Waals surface area contributed by atoms with Crippen LogP contribution in [0, 0.1) is 22.0 Å². The number of carbonyl (C=O) groups is 2. The average Bonchev–Trinajstić information content (AvgIpc) is 2.89. The van der Waals surface area contributed by atoms with Crippen LogP contribution >= 0.6 is 0 Å². The number of hydrogen-bond acceptors (Lipinski definition) is 6. The van der Waals surface area contributed by atoms with Crippen molar-refractivity contribution >= 4 is 17.6 Å². The molecule has 0 spiro atoms. The summed E-state index contributed by atoms with van der Waals surface area (Å²) < 4.78 is 5.35. The molecule has 4 atom stereocenters.